The van der Waals surface area contributed by atoms with Crippen molar-refractivity contribution in [2.45, 2.75) is 65.1 Å². The van der Waals surface area contributed by atoms with Crippen molar-refractivity contribution >= 4 is 51.5 Å². The van der Waals surface area contributed by atoms with E-state index >= 15 is 0 Å². The van der Waals surface area contributed by atoms with E-state index in [-0.39, 0.29) is 42.2 Å². The molecule has 0 aliphatic carbocycles. The standard InChI is InChI=1S/C40H47N5O7S/c1-23(2)18-32(44-39(50)35(24(3)4)45-34(46)22-52-30-14-12-29(51-5)13-15-30)38(49)43-31(20-28-16-17-41-37(28)48)36(47)40-42-21-33(53-40)27-11-10-25-8-6-7-9-26(25)19-27/h6-15,19,21,23-24,28,31-32,35H,16-18,20,22H2,1-5H3,(H,41,48)(H,43,49)(H,44,50)(H,45,46)/t28-,31-,32-,35-/m1/s1. The summed E-state index contributed by atoms with van der Waals surface area (Å²) in [5.41, 5.74) is 0.912. The summed E-state index contributed by atoms with van der Waals surface area (Å²) < 4.78 is 10.7. The molecule has 0 unspecified atom stereocenters. The van der Waals surface area contributed by atoms with Crippen molar-refractivity contribution in [3.63, 3.8) is 0 Å². The topological polar surface area (TPSA) is 165 Å². The minimum atomic E-state index is -1.06. The third-order valence-corrected chi connectivity index (χ3v) is 10.2. The van der Waals surface area contributed by atoms with E-state index < -0.39 is 47.5 Å². The monoisotopic (exact) mass is 741 g/mol. The molecule has 5 rings (SSSR count). The van der Waals surface area contributed by atoms with Gasteiger partial charge in [0.2, 0.25) is 23.5 Å². The van der Waals surface area contributed by atoms with Gasteiger partial charge in [0.25, 0.3) is 5.91 Å². The van der Waals surface area contributed by atoms with E-state index in [9.17, 15) is 24.0 Å². The van der Waals surface area contributed by atoms with Gasteiger partial charge < -0.3 is 30.7 Å². The van der Waals surface area contributed by atoms with Crippen LogP contribution in [0.25, 0.3) is 21.2 Å². The number of ether oxygens (including phenoxy) is 2. The highest BCUT2D eigenvalue weighted by atomic mass is 32.1. The number of methoxy groups -OCH3 is 1. The van der Waals surface area contributed by atoms with E-state index in [1.807, 2.05) is 56.3 Å². The third-order valence-electron chi connectivity index (χ3n) is 9.10. The summed E-state index contributed by atoms with van der Waals surface area (Å²) in [6.07, 6.45) is 2.53. The smallest absolute Gasteiger partial charge is 0.258 e. The molecule has 1 aliphatic heterocycles. The maximum Gasteiger partial charge on any atom is 0.258 e. The molecule has 1 aliphatic rings. The zero-order valence-corrected chi connectivity index (χ0v) is 31.5. The summed E-state index contributed by atoms with van der Waals surface area (Å²) in [6, 6.07) is 17.7. The zero-order valence-electron chi connectivity index (χ0n) is 30.6. The molecule has 12 nitrogen and oxygen atoms in total. The van der Waals surface area contributed by atoms with Crippen LogP contribution in [0.2, 0.25) is 0 Å². The van der Waals surface area contributed by atoms with Crippen LogP contribution in [0, 0.1) is 17.8 Å². The number of benzene rings is 3. The molecular weight excluding hydrogens is 695 g/mol. The highest BCUT2D eigenvalue weighted by Gasteiger charge is 2.36. The lowest BCUT2D eigenvalue weighted by Gasteiger charge is -2.27. The fraction of sp³-hybridized carbons (Fsp3) is 0.400. The number of rotatable bonds is 17. The highest BCUT2D eigenvalue weighted by Crippen LogP contribution is 2.30. The van der Waals surface area contributed by atoms with Gasteiger partial charge in [0, 0.05) is 18.7 Å². The number of hydrogen-bond donors (Lipinski definition) is 4. The fourth-order valence-corrected chi connectivity index (χ4v) is 7.11. The van der Waals surface area contributed by atoms with Gasteiger partial charge in [0.15, 0.2) is 11.6 Å². The summed E-state index contributed by atoms with van der Waals surface area (Å²) in [6.45, 7) is 7.57. The molecule has 280 valence electrons. The molecule has 0 radical (unpaired) electrons. The van der Waals surface area contributed by atoms with Gasteiger partial charge in [-0.3, -0.25) is 24.0 Å². The fourth-order valence-electron chi connectivity index (χ4n) is 6.21. The van der Waals surface area contributed by atoms with Crippen molar-refractivity contribution < 1.29 is 33.4 Å². The first-order valence-electron chi connectivity index (χ1n) is 17.9. The van der Waals surface area contributed by atoms with E-state index in [0.717, 1.165) is 21.2 Å². The van der Waals surface area contributed by atoms with Gasteiger partial charge in [-0.1, -0.05) is 64.1 Å². The summed E-state index contributed by atoms with van der Waals surface area (Å²) in [5.74, 6) is -1.89. The molecule has 4 atom stereocenters. The predicted octanol–water partition coefficient (Wildman–Crippen LogP) is 4.92. The normalized spacial score (nSPS) is 15.8. The molecule has 0 bridgehead atoms. The molecule has 0 spiro atoms. The molecule has 2 heterocycles. The van der Waals surface area contributed by atoms with Crippen LogP contribution in [0.15, 0.2) is 72.9 Å². The number of nitrogens with one attached hydrogen (secondary N) is 4. The minimum Gasteiger partial charge on any atom is -0.497 e. The average Bonchev–Trinajstić information content (AvgIpc) is 3.81. The van der Waals surface area contributed by atoms with Crippen molar-refractivity contribution in [3.8, 4) is 21.9 Å². The molecule has 4 N–H and O–H groups in total. The van der Waals surface area contributed by atoms with Gasteiger partial charge in [-0.2, -0.15) is 0 Å². The van der Waals surface area contributed by atoms with Crippen LogP contribution in [0.1, 0.15) is 56.8 Å². The SMILES string of the molecule is COc1ccc(OCC(=O)N[C@@H](C(=O)N[C@H](CC(C)C)C(=O)N[C@H](C[C@H]2CCNC2=O)C(=O)c2ncc(-c3ccc4ccccc4c3)s2)C(C)C)cc1. The Hall–Kier alpha value is -5.30. The average molecular weight is 742 g/mol. The van der Waals surface area contributed by atoms with Crippen molar-refractivity contribution in [1.29, 1.82) is 0 Å². The summed E-state index contributed by atoms with van der Waals surface area (Å²) >= 11 is 1.23. The Morgan fingerprint density at radius 1 is 0.887 bits per heavy atom. The number of fused-ring (bicyclic) bond motifs is 1. The van der Waals surface area contributed by atoms with Gasteiger partial charge in [0.1, 0.15) is 23.6 Å². The van der Waals surface area contributed by atoms with Gasteiger partial charge in [-0.05, 0) is 77.8 Å². The molecule has 1 aromatic heterocycles. The second kappa shape index (κ2) is 18.0. The number of carbonyl (C=O) groups is 5. The van der Waals surface area contributed by atoms with Crippen molar-refractivity contribution in [3.05, 3.63) is 77.9 Å². The first-order chi connectivity index (χ1) is 25.4. The van der Waals surface area contributed by atoms with Crippen LogP contribution in [-0.4, -0.2) is 72.8 Å². The molecule has 4 aromatic rings. The predicted molar refractivity (Wildman–Crippen MR) is 204 cm³/mol. The van der Waals surface area contributed by atoms with Crippen LogP contribution < -0.4 is 30.7 Å². The Morgan fingerprint density at radius 3 is 2.25 bits per heavy atom. The van der Waals surface area contributed by atoms with E-state index in [1.165, 1.54) is 11.3 Å². The number of ketones is 1. The van der Waals surface area contributed by atoms with Crippen molar-refractivity contribution in [2.24, 2.45) is 17.8 Å². The van der Waals surface area contributed by atoms with E-state index in [4.69, 9.17) is 9.47 Å². The number of Topliss-reactive ketones (excluding diaryl/α,β-unsaturated/α-hetero) is 1. The summed E-state index contributed by atoms with van der Waals surface area (Å²) in [4.78, 5) is 72.4. The number of thiazole rings is 1. The molecule has 13 heteroatoms. The Kier molecular flexibility index (Phi) is 13.2. The number of hydrogen-bond acceptors (Lipinski definition) is 9. The molecule has 0 saturated carbocycles. The Bertz CT molecular complexity index is 1930. The van der Waals surface area contributed by atoms with E-state index in [0.29, 0.717) is 24.5 Å². The van der Waals surface area contributed by atoms with Crippen LogP contribution in [0.5, 0.6) is 11.5 Å². The maximum absolute atomic E-state index is 14.1. The first-order valence-corrected chi connectivity index (χ1v) is 18.7. The highest BCUT2D eigenvalue weighted by molar-refractivity contribution is 7.17. The van der Waals surface area contributed by atoms with Crippen LogP contribution in [0.3, 0.4) is 0 Å². The molecule has 1 fully saturated rings. The molecule has 4 amide bonds. The van der Waals surface area contributed by atoms with E-state index in [1.54, 1.807) is 51.4 Å². The Morgan fingerprint density at radius 2 is 1.58 bits per heavy atom. The molecular formula is C40H47N5O7S. The number of aromatic nitrogens is 1. The number of nitrogens with zero attached hydrogens (tertiary/aromatic N) is 1. The lowest BCUT2D eigenvalue weighted by atomic mass is 9.94. The van der Waals surface area contributed by atoms with Crippen LogP contribution in [0.4, 0.5) is 0 Å². The largest absolute Gasteiger partial charge is 0.497 e. The lowest BCUT2D eigenvalue weighted by molar-refractivity contribution is -0.134. The van der Waals surface area contributed by atoms with Gasteiger partial charge in [-0.25, -0.2) is 4.98 Å². The third kappa shape index (κ3) is 10.4. The Balaban J connectivity index is 1.29. The van der Waals surface area contributed by atoms with Gasteiger partial charge in [0.05, 0.1) is 18.0 Å². The van der Waals surface area contributed by atoms with Crippen LogP contribution >= 0.6 is 11.3 Å². The van der Waals surface area contributed by atoms with Gasteiger partial charge in [-0.15, -0.1) is 11.3 Å². The quantitative estimate of drug-likeness (QED) is 0.111. The number of amides is 4. The zero-order chi connectivity index (χ0) is 38.1. The van der Waals surface area contributed by atoms with Crippen molar-refractivity contribution in [1.82, 2.24) is 26.3 Å². The van der Waals surface area contributed by atoms with Crippen LogP contribution in [-0.2, 0) is 19.2 Å². The second-order valence-electron chi connectivity index (χ2n) is 14.0. The van der Waals surface area contributed by atoms with Crippen molar-refractivity contribution in [2.75, 3.05) is 20.3 Å². The summed E-state index contributed by atoms with van der Waals surface area (Å²) in [5, 5.41) is 13.6. The first kappa shape index (κ1) is 38.9. The Labute approximate surface area is 313 Å². The van der Waals surface area contributed by atoms with Gasteiger partial charge >= 0.3 is 0 Å². The molecule has 53 heavy (non-hydrogen) atoms. The molecule has 1 saturated heterocycles. The molecule has 3 aromatic carbocycles. The lowest BCUT2D eigenvalue weighted by Crippen LogP contribution is -2.57. The second-order valence-corrected chi connectivity index (χ2v) is 15.0. The number of carbonyl (C=O) groups excluding carboxylic acids is 5. The minimum absolute atomic E-state index is 0.00530. The maximum atomic E-state index is 14.1. The van der Waals surface area contributed by atoms with E-state index in [2.05, 4.69) is 26.3 Å². The summed E-state index contributed by atoms with van der Waals surface area (Å²) in [7, 11) is 1.55.